The summed E-state index contributed by atoms with van der Waals surface area (Å²) >= 11 is 0. The summed E-state index contributed by atoms with van der Waals surface area (Å²) in [5.41, 5.74) is 17.7. The molecule has 133 heavy (non-hydrogen) atoms. The van der Waals surface area contributed by atoms with Crippen LogP contribution >= 0.6 is 0 Å². The molecule has 0 amide bonds. The second-order valence-electron chi connectivity index (χ2n) is 31.5. The second-order valence-corrected chi connectivity index (χ2v) is 31.5. The van der Waals surface area contributed by atoms with E-state index in [1.807, 2.05) is 164 Å². The number of benzene rings is 14. The molecule has 680 valence electrons. The fourth-order valence-corrected chi connectivity index (χ4v) is 14.5. The summed E-state index contributed by atoms with van der Waals surface area (Å²) in [6, 6.07) is 85.4. The summed E-state index contributed by atoms with van der Waals surface area (Å²) in [6.45, 7) is 7.22. The number of carbonyl (C=O) groups excluding carboxylic acids is 1. The third kappa shape index (κ3) is 28.8. The number of ether oxygens (including phenoxy) is 10. The van der Waals surface area contributed by atoms with Gasteiger partial charge in [0.1, 0.15) is 51.7 Å². The highest BCUT2D eigenvalue weighted by Crippen LogP contribution is 2.55. The Morgan fingerprint density at radius 2 is 0.692 bits per heavy atom. The Kier molecular flexibility index (Phi) is 37.6. The maximum atomic E-state index is 12.2. The lowest BCUT2D eigenvalue weighted by Crippen LogP contribution is -2.29. The van der Waals surface area contributed by atoms with E-state index < -0.39 is 41.9 Å². The van der Waals surface area contributed by atoms with Crippen molar-refractivity contribution in [2.75, 3.05) is 71.1 Å². The van der Waals surface area contributed by atoms with Gasteiger partial charge in [0.2, 0.25) is 5.75 Å². The number of carbonyl (C=O) groups is 1. The van der Waals surface area contributed by atoms with E-state index in [1.165, 1.54) is 28.8 Å². The van der Waals surface area contributed by atoms with Crippen molar-refractivity contribution in [3.05, 3.63) is 329 Å². The Morgan fingerprint density at radius 3 is 1.13 bits per heavy atom. The predicted molar refractivity (Wildman–Crippen MR) is 543 cm³/mol. The number of ketones is 1. The molecule has 1 aliphatic rings. The lowest BCUT2D eigenvalue weighted by atomic mass is 9.64. The standard InChI is InChI=1S/C19H19BO3.C18H19BO4.C18H21BO3.C17H19BO5.C17H15BO3.C17H19BO3/c1-20(21)16-7-4-13(5-8-16)14-6-9-18-15(10-14)11-17(22-2)12-19(18)23-3;1-19(21)15-7-5-14(6-8-15)18(20)9-4-13-10-16(22-2)12-17(11-13)23-3;1-19(20)14-6-4-12(5-7-14)17-11-18(17)13-8-15(21-2)10-16(9-13)22-3;1-21-15-10-13(11-16(22-2)17(15)23-3)5-4-12-6-8-14(9-7-12)18(19)20;1-18(21)14-5-2-11(3-6-14)12-4-7-16-13(8-12)9-15(19)10-17(16)20;1-3-13-4-6-14(7-5-13)8-9-15-10-16(18(19)20)12-17(11-15)21-2/h2*4-12,21H,1-3H3;4-10,17-18,20H,11H2,1-3H3;4-11,19-20H,1-3H3;2-10,19-21H,1H3;4-12,19-20H,3H2,1-2H3/b;9-4+;;5-4+;;9-8+. The molecule has 0 aromatic heterocycles. The zero-order valence-corrected chi connectivity index (χ0v) is 77.4. The molecule has 0 aliphatic heterocycles. The number of aryl methyl sites for hydroxylation is 1. The Bertz CT molecular complexity index is 6160. The van der Waals surface area contributed by atoms with E-state index in [2.05, 4.69) is 73.7 Å². The lowest BCUT2D eigenvalue weighted by molar-refractivity contribution is 0.104. The van der Waals surface area contributed by atoms with E-state index in [0.29, 0.717) is 68.2 Å². The number of hydrogen-bond donors (Lipinski definition) is 10. The molecule has 2 atom stereocenters. The molecule has 15 rings (SSSR count). The van der Waals surface area contributed by atoms with Gasteiger partial charge in [-0.1, -0.05) is 241 Å². The average molecular weight is 1790 g/mol. The predicted octanol–water partition coefficient (Wildman–Crippen LogP) is 15.0. The van der Waals surface area contributed by atoms with Crippen LogP contribution < -0.4 is 80.1 Å². The molecule has 21 nitrogen and oxygen atoms in total. The van der Waals surface area contributed by atoms with Gasteiger partial charge in [0.25, 0.3) is 0 Å². The highest BCUT2D eigenvalue weighted by molar-refractivity contribution is 6.66. The van der Waals surface area contributed by atoms with Crippen LogP contribution in [0.5, 0.6) is 69.0 Å². The summed E-state index contributed by atoms with van der Waals surface area (Å²) < 4.78 is 53.0. The molecule has 10 N–H and O–H groups in total. The molecule has 14 aromatic rings. The van der Waals surface area contributed by atoms with E-state index in [4.69, 9.17) is 57.4 Å². The zero-order valence-electron chi connectivity index (χ0n) is 77.4. The molecular formula is C106H112B6O21. The molecule has 0 spiro atoms. The Hall–Kier alpha value is -13.8. The molecular weight excluding hydrogens is 1670 g/mol. The van der Waals surface area contributed by atoms with Gasteiger partial charge >= 0.3 is 41.9 Å². The second kappa shape index (κ2) is 49.4. The summed E-state index contributed by atoms with van der Waals surface area (Å²) in [7, 11) is 13.1. The number of methoxy groups -OCH3 is 10. The maximum Gasteiger partial charge on any atom is 0.488 e. The van der Waals surface area contributed by atoms with Crippen molar-refractivity contribution >= 4 is 132 Å². The van der Waals surface area contributed by atoms with Gasteiger partial charge in [-0.25, -0.2) is 0 Å². The maximum absolute atomic E-state index is 12.2. The SMILES string of the molecule is CB(O)c1ccc(-c2ccc3c(O)cc(O)cc3c2)cc1.CCc1ccc(/C=C/c2cc(OC)cc(B(O)O)c2)cc1.COc1cc(/C=C/C(=O)c2ccc(B(C)O)cc2)cc(OC)c1.COc1cc(/C=C/c2ccc(B(O)O)cc2)cc(OC)c1OC.COc1cc(OC)c2ccc(-c3ccc(B(C)O)cc3)cc2c1.COc1cc(OC)cc(C2CC2c2ccc(B(C)O)cc2)c1. The van der Waals surface area contributed by atoms with Crippen molar-refractivity contribution in [1.29, 1.82) is 0 Å². The van der Waals surface area contributed by atoms with Gasteiger partial charge < -0.3 is 97.8 Å². The quantitative estimate of drug-likeness (QED) is 0.00943. The fourth-order valence-electron chi connectivity index (χ4n) is 14.5. The van der Waals surface area contributed by atoms with Crippen LogP contribution in [0.4, 0.5) is 0 Å². The van der Waals surface area contributed by atoms with E-state index in [1.54, 1.807) is 165 Å². The zero-order chi connectivity index (χ0) is 96.0. The Balaban J connectivity index is 0.000000165. The molecule has 1 saturated carbocycles. The van der Waals surface area contributed by atoms with Gasteiger partial charge in [-0.2, -0.15) is 0 Å². The van der Waals surface area contributed by atoms with Crippen LogP contribution in [0.3, 0.4) is 0 Å². The first-order valence-corrected chi connectivity index (χ1v) is 43.2. The monoisotopic (exact) mass is 1790 g/mol. The van der Waals surface area contributed by atoms with E-state index in [9.17, 15) is 45.2 Å². The van der Waals surface area contributed by atoms with Gasteiger partial charge in [0, 0.05) is 40.6 Å². The molecule has 27 heteroatoms. The topological polar surface area (TPSA) is 312 Å². The molecule has 0 radical (unpaired) electrons. The highest BCUT2D eigenvalue weighted by atomic mass is 16.5. The molecule has 1 aliphatic carbocycles. The molecule has 14 aromatic carbocycles. The minimum absolute atomic E-state index is 0.0432. The van der Waals surface area contributed by atoms with E-state index >= 15 is 0 Å². The van der Waals surface area contributed by atoms with Crippen LogP contribution in [0, 0.1) is 0 Å². The molecule has 2 unspecified atom stereocenters. The van der Waals surface area contributed by atoms with Gasteiger partial charge in [-0.3, -0.25) is 4.79 Å². The molecule has 0 saturated heterocycles. The van der Waals surface area contributed by atoms with Crippen molar-refractivity contribution in [3.63, 3.8) is 0 Å². The first-order valence-electron chi connectivity index (χ1n) is 43.2. The van der Waals surface area contributed by atoms with Crippen molar-refractivity contribution in [1.82, 2.24) is 0 Å². The van der Waals surface area contributed by atoms with Gasteiger partial charge in [0.05, 0.1) is 71.1 Å². The average Bonchev–Trinajstić information content (AvgIpc) is 1.52. The van der Waals surface area contributed by atoms with Gasteiger partial charge in [-0.05, 0) is 214 Å². The van der Waals surface area contributed by atoms with Crippen molar-refractivity contribution in [2.45, 2.75) is 58.9 Å². The fraction of sp³-hybridized carbons (Fsp3) is 0.179. The van der Waals surface area contributed by atoms with Crippen LogP contribution in [0.1, 0.15) is 80.0 Å². The van der Waals surface area contributed by atoms with Crippen molar-refractivity contribution in [2.24, 2.45) is 0 Å². The summed E-state index contributed by atoms with van der Waals surface area (Å²) in [4.78, 5) is 12.2. The lowest BCUT2D eigenvalue weighted by Gasteiger charge is -2.12. The summed E-state index contributed by atoms with van der Waals surface area (Å²) in [6.07, 6.45) is 13.1. The van der Waals surface area contributed by atoms with Crippen LogP contribution in [0.2, 0.25) is 27.3 Å². The van der Waals surface area contributed by atoms with Crippen molar-refractivity contribution < 1.29 is 103 Å². The largest absolute Gasteiger partial charge is 0.508 e. The first-order chi connectivity index (χ1) is 64.0. The molecule has 0 bridgehead atoms. The van der Waals surface area contributed by atoms with Crippen LogP contribution in [0.15, 0.2) is 279 Å². The number of fused-ring (bicyclic) bond motifs is 2. The minimum atomic E-state index is -1.50. The summed E-state index contributed by atoms with van der Waals surface area (Å²) in [5.74, 6) is 7.97. The van der Waals surface area contributed by atoms with Crippen LogP contribution in [0.25, 0.3) is 74.2 Å². The van der Waals surface area contributed by atoms with Crippen LogP contribution in [-0.4, -0.2) is 169 Å². The number of phenolic OH excluding ortho intramolecular Hbond substituents is 2. The van der Waals surface area contributed by atoms with Gasteiger partial charge in [-0.15, -0.1) is 0 Å². The molecule has 1 fully saturated rings. The van der Waals surface area contributed by atoms with E-state index in [-0.39, 0.29) is 17.3 Å². The highest BCUT2D eigenvalue weighted by Gasteiger charge is 2.40. The van der Waals surface area contributed by atoms with Crippen LogP contribution in [-0.2, 0) is 6.42 Å². The first kappa shape index (κ1) is 101. The van der Waals surface area contributed by atoms with Gasteiger partial charge in [0.15, 0.2) is 17.3 Å². The smallest absolute Gasteiger partial charge is 0.488 e. The van der Waals surface area contributed by atoms with E-state index in [0.717, 1.165) is 124 Å². The Morgan fingerprint density at radius 1 is 0.316 bits per heavy atom. The Labute approximate surface area is 780 Å². The number of phenols is 2. The number of aromatic hydroxyl groups is 2. The summed E-state index contributed by atoms with van der Waals surface area (Å²) in [5, 5.41) is 98.0. The number of rotatable bonds is 28. The third-order valence-corrected chi connectivity index (χ3v) is 22.4. The number of allylic oxidation sites excluding steroid dienone is 1. The normalized spacial score (nSPS) is 12.2. The van der Waals surface area contributed by atoms with Crippen molar-refractivity contribution in [3.8, 4) is 91.2 Å². The minimum Gasteiger partial charge on any atom is -0.508 e. The number of hydrogen-bond acceptors (Lipinski definition) is 21. The third-order valence-electron chi connectivity index (χ3n) is 22.4. The molecule has 0 heterocycles.